The molecule has 0 unspecified atom stereocenters. The summed E-state index contributed by atoms with van der Waals surface area (Å²) in [4.78, 5) is 26.6. The van der Waals surface area contributed by atoms with Gasteiger partial charge in [0.15, 0.2) is 0 Å². The quantitative estimate of drug-likeness (QED) is 0.885. The minimum absolute atomic E-state index is 0.0258. The molecule has 1 heterocycles. The monoisotopic (exact) mass is 380 g/mol. The Hall–Kier alpha value is -2.66. The molecule has 3 rings (SSSR count). The molecular weight excluding hydrogens is 352 g/mol. The summed E-state index contributed by atoms with van der Waals surface area (Å²) in [7, 11) is 0. The Labute approximate surface area is 166 Å². The van der Waals surface area contributed by atoms with Crippen molar-refractivity contribution in [3.8, 4) is 0 Å². The van der Waals surface area contributed by atoms with E-state index in [-0.39, 0.29) is 17.2 Å². The number of hydrogen-bond donors (Lipinski definition) is 1. The van der Waals surface area contributed by atoms with E-state index in [1.165, 1.54) is 5.56 Å². The standard InChI is InChI=1S/C23H28N2O3/c1-23(2,3)20-10-8-18(9-11-20)21(26)24-16-17-4-6-19(7-5-17)22(27)25-12-14-28-15-13-25/h4-11H,12-16H2,1-3H3,(H,24,26). The minimum atomic E-state index is -0.103. The Balaban J connectivity index is 1.55. The summed E-state index contributed by atoms with van der Waals surface area (Å²) >= 11 is 0. The summed E-state index contributed by atoms with van der Waals surface area (Å²) in [5.74, 6) is -0.0771. The third-order valence-corrected chi connectivity index (χ3v) is 4.97. The topological polar surface area (TPSA) is 58.6 Å². The Bertz CT molecular complexity index is 814. The number of nitrogens with zero attached hydrogens (tertiary/aromatic N) is 1. The van der Waals surface area contributed by atoms with Gasteiger partial charge in [-0.3, -0.25) is 9.59 Å². The van der Waals surface area contributed by atoms with Gasteiger partial charge in [-0.15, -0.1) is 0 Å². The van der Waals surface area contributed by atoms with Crippen LogP contribution in [-0.4, -0.2) is 43.0 Å². The summed E-state index contributed by atoms with van der Waals surface area (Å²) in [6, 6.07) is 15.1. The molecule has 2 amide bonds. The van der Waals surface area contributed by atoms with E-state index < -0.39 is 0 Å². The Morgan fingerprint density at radius 3 is 2.07 bits per heavy atom. The van der Waals surface area contributed by atoms with Crippen LogP contribution in [-0.2, 0) is 16.7 Å². The molecule has 0 spiro atoms. The highest BCUT2D eigenvalue weighted by Gasteiger charge is 2.18. The van der Waals surface area contributed by atoms with Gasteiger partial charge in [0, 0.05) is 30.8 Å². The molecule has 2 aromatic rings. The maximum atomic E-state index is 12.5. The van der Waals surface area contributed by atoms with Crippen LogP contribution in [0.2, 0.25) is 0 Å². The van der Waals surface area contributed by atoms with Crippen molar-refractivity contribution in [1.82, 2.24) is 10.2 Å². The normalized spacial score (nSPS) is 14.6. The van der Waals surface area contributed by atoms with Crippen molar-refractivity contribution in [2.75, 3.05) is 26.3 Å². The van der Waals surface area contributed by atoms with E-state index in [1.807, 2.05) is 53.4 Å². The predicted octanol–water partition coefficient (Wildman–Crippen LogP) is 3.39. The van der Waals surface area contributed by atoms with Gasteiger partial charge in [-0.1, -0.05) is 45.0 Å². The summed E-state index contributed by atoms with van der Waals surface area (Å²) in [5.41, 5.74) is 3.53. The highest BCUT2D eigenvalue weighted by molar-refractivity contribution is 5.95. The molecule has 0 saturated carbocycles. The fraction of sp³-hybridized carbons (Fsp3) is 0.391. The van der Waals surface area contributed by atoms with Crippen molar-refractivity contribution in [3.63, 3.8) is 0 Å². The molecule has 1 saturated heterocycles. The van der Waals surface area contributed by atoms with Crippen LogP contribution >= 0.6 is 0 Å². The van der Waals surface area contributed by atoms with Crippen molar-refractivity contribution in [1.29, 1.82) is 0 Å². The van der Waals surface area contributed by atoms with Crippen molar-refractivity contribution in [2.24, 2.45) is 0 Å². The lowest BCUT2D eigenvalue weighted by molar-refractivity contribution is 0.0303. The third kappa shape index (κ3) is 4.98. The maximum Gasteiger partial charge on any atom is 0.254 e. The first-order chi connectivity index (χ1) is 13.3. The van der Waals surface area contributed by atoms with Crippen LogP contribution in [0.5, 0.6) is 0 Å². The van der Waals surface area contributed by atoms with Crippen LogP contribution in [0.25, 0.3) is 0 Å². The van der Waals surface area contributed by atoms with Gasteiger partial charge in [0.2, 0.25) is 0 Å². The maximum absolute atomic E-state index is 12.5. The average molecular weight is 380 g/mol. The number of carbonyl (C=O) groups excluding carboxylic acids is 2. The number of carbonyl (C=O) groups is 2. The van der Waals surface area contributed by atoms with Gasteiger partial charge < -0.3 is 15.0 Å². The minimum Gasteiger partial charge on any atom is -0.378 e. The molecule has 0 radical (unpaired) electrons. The molecule has 0 atom stereocenters. The molecule has 148 valence electrons. The summed E-state index contributed by atoms with van der Waals surface area (Å²) in [6.07, 6.45) is 0. The zero-order valence-corrected chi connectivity index (χ0v) is 16.8. The van der Waals surface area contributed by atoms with Gasteiger partial charge in [0.1, 0.15) is 0 Å². The predicted molar refractivity (Wildman–Crippen MR) is 109 cm³/mol. The molecule has 0 aliphatic carbocycles. The highest BCUT2D eigenvalue weighted by atomic mass is 16.5. The van der Waals surface area contributed by atoms with Crippen LogP contribution in [0.15, 0.2) is 48.5 Å². The van der Waals surface area contributed by atoms with Gasteiger partial charge in [0.05, 0.1) is 13.2 Å². The molecule has 1 N–H and O–H groups in total. The number of amides is 2. The largest absolute Gasteiger partial charge is 0.378 e. The molecular formula is C23H28N2O3. The number of rotatable bonds is 4. The molecule has 1 aliphatic heterocycles. The summed E-state index contributed by atoms with van der Waals surface area (Å²) in [6.45, 7) is 9.31. The molecule has 5 nitrogen and oxygen atoms in total. The molecule has 5 heteroatoms. The third-order valence-electron chi connectivity index (χ3n) is 4.97. The van der Waals surface area contributed by atoms with Crippen LogP contribution in [0.1, 0.15) is 52.6 Å². The van der Waals surface area contributed by atoms with Crippen molar-refractivity contribution >= 4 is 11.8 Å². The van der Waals surface area contributed by atoms with Gasteiger partial charge in [-0.2, -0.15) is 0 Å². The average Bonchev–Trinajstić information content (AvgIpc) is 2.72. The van der Waals surface area contributed by atoms with Crippen LogP contribution in [0.4, 0.5) is 0 Å². The fourth-order valence-electron chi connectivity index (χ4n) is 3.12. The first kappa shape index (κ1) is 20.1. The van der Waals surface area contributed by atoms with Gasteiger partial charge >= 0.3 is 0 Å². The lowest BCUT2D eigenvalue weighted by Gasteiger charge is -2.26. The van der Waals surface area contributed by atoms with Crippen molar-refractivity contribution < 1.29 is 14.3 Å². The lowest BCUT2D eigenvalue weighted by Crippen LogP contribution is -2.40. The van der Waals surface area contributed by atoms with Crippen LogP contribution < -0.4 is 5.32 Å². The Morgan fingerprint density at radius 1 is 0.929 bits per heavy atom. The first-order valence-electron chi connectivity index (χ1n) is 9.69. The number of hydrogen-bond acceptors (Lipinski definition) is 3. The first-order valence-corrected chi connectivity index (χ1v) is 9.69. The van der Waals surface area contributed by atoms with Gasteiger partial charge in [0.25, 0.3) is 11.8 Å². The Kier molecular flexibility index (Phi) is 6.15. The molecule has 1 fully saturated rings. The van der Waals surface area contributed by atoms with Gasteiger partial charge in [-0.05, 0) is 40.8 Å². The number of morpholine rings is 1. The molecule has 28 heavy (non-hydrogen) atoms. The molecule has 0 bridgehead atoms. The second kappa shape index (κ2) is 8.57. The lowest BCUT2D eigenvalue weighted by atomic mass is 9.87. The van der Waals surface area contributed by atoms with E-state index in [9.17, 15) is 9.59 Å². The number of nitrogens with one attached hydrogen (secondary N) is 1. The van der Waals surface area contributed by atoms with Crippen LogP contribution in [0.3, 0.4) is 0 Å². The molecule has 1 aliphatic rings. The SMILES string of the molecule is CC(C)(C)c1ccc(C(=O)NCc2ccc(C(=O)N3CCOCC3)cc2)cc1. The zero-order valence-electron chi connectivity index (χ0n) is 16.8. The molecule has 2 aromatic carbocycles. The zero-order chi connectivity index (χ0) is 20.1. The number of benzene rings is 2. The van der Waals surface area contributed by atoms with E-state index in [0.717, 1.165) is 5.56 Å². The van der Waals surface area contributed by atoms with E-state index in [4.69, 9.17) is 4.74 Å². The van der Waals surface area contributed by atoms with E-state index in [1.54, 1.807) is 0 Å². The summed E-state index contributed by atoms with van der Waals surface area (Å²) < 4.78 is 5.28. The second-order valence-corrected chi connectivity index (χ2v) is 8.11. The van der Waals surface area contributed by atoms with E-state index >= 15 is 0 Å². The summed E-state index contributed by atoms with van der Waals surface area (Å²) in [5, 5.41) is 2.93. The molecule has 0 aromatic heterocycles. The highest BCUT2D eigenvalue weighted by Crippen LogP contribution is 2.22. The smallest absolute Gasteiger partial charge is 0.254 e. The second-order valence-electron chi connectivity index (χ2n) is 8.11. The van der Waals surface area contributed by atoms with Crippen molar-refractivity contribution in [2.45, 2.75) is 32.7 Å². The Morgan fingerprint density at radius 2 is 1.50 bits per heavy atom. The van der Waals surface area contributed by atoms with E-state index in [2.05, 4.69) is 26.1 Å². The van der Waals surface area contributed by atoms with E-state index in [0.29, 0.717) is 44.0 Å². The number of ether oxygens (including phenoxy) is 1. The van der Waals surface area contributed by atoms with Crippen LogP contribution in [0, 0.1) is 0 Å². The van der Waals surface area contributed by atoms with Crippen molar-refractivity contribution in [3.05, 3.63) is 70.8 Å². The van der Waals surface area contributed by atoms with Gasteiger partial charge in [-0.25, -0.2) is 0 Å². The fourth-order valence-corrected chi connectivity index (χ4v) is 3.12.